The first-order valence-corrected chi connectivity index (χ1v) is 8.64. The fourth-order valence-electron chi connectivity index (χ4n) is 5.31. The summed E-state index contributed by atoms with van der Waals surface area (Å²) < 4.78 is 0. The lowest BCUT2D eigenvalue weighted by atomic mass is 9.62. The van der Waals surface area contributed by atoms with Crippen molar-refractivity contribution in [1.82, 2.24) is 0 Å². The molecule has 2 aromatic carbocycles. The number of hydrogen-bond acceptors (Lipinski definition) is 1. The second-order valence-corrected chi connectivity index (χ2v) is 7.44. The quantitative estimate of drug-likeness (QED) is 0.698. The monoisotopic (exact) mass is 300 g/mol. The van der Waals surface area contributed by atoms with Crippen LogP contribution in [-0.4, -0.2) is 5.78 Å². The summed E-state index contributed by atoms with van der Waals surface area (Å²) in [6, 6.07) is 17.2. The maximum Gasteiger partial charge on any atom is 0.138 e. The predicted molar refractivity (Wildman–Crippen MR) is 92.2 cm³/mol. The summed E-state index contributed by atoms with van der Waals surface area (Å²) >= 11 is 0. The molecule has 5 rings (SSSR count). The maximum absolute atomic E-state index is 12.6. The molecule has 0 amide bonds. The number of Topliss-reactive ketones (excluding diaryl/α,β-unsaturated/α-hetero) is 1. The summed E-state index contributed by atoms with van der Waals surface area (Å²) in [4.78, 5) is 12.6. The second kappa shape index (κ2) is 4.67. The average molecular weight is 300 g/mol. The number of allylic oxidation sites excluding steroid dienone is 2. The normalized spacial score (nSPS) is 30.9. The Labute approximate surface area is 137 Å². The van der Waals surface area contributed by atoms with E-state index >= 15 is 0 Å². The molecule has 3 atom stereocenters. The first-order chi connectivity index (χ1) is 11.3. The number of hydrogen-bond donors (Lipinski definition) is 0. The molecular formula is C22H20O. The zero-order valence-electron chi connectivity index (χ0n) is 13.2. The van der Waals surface area contributed by atoms with Gasteiger partial charge in [-0.3, -0.25) is 4.79 Å². The Morgan fingerprint density at radius 3 is 2.57 bits per heavy atom. The van der Waals surface area contributed by atoms with E-state index in [2.05, 4.69) is 54.6 Å². The highest BCUT2D eigenvalue weighted by Gasteiger charge is 2.52. The number of ketones is 1. The first kappa shape index (κ1) is 13.3. The van der Waals surface area contributed by atoms with Gasteiger partial charge in [0.1, 0.15) is 5.78 Å². The van der Waals surface area contributed by atoms with Crippen molar-refractivity contribution in [3.63, 3.8) is 0 Å². The highest BCUT2D eigenvalue weighted by molar-refractivity contribution is 5.88. The van der Waals surface area contributed by atoms with Gasteiger partial charge in [0.25, 0.3) is 0 Å². The molecule has 1 saturated carbocycles. The fourth-order valence-corrected chi connectivity index (χ4v) is 5.31. The Balaban J connectivity index is 1.73. The topological polar surface area (TPSA) is 17.1 Å². The Hall–Kier alpha value is -2.15. The fraction of sp³-hybridized carbons (Fsp3) is 0.318. The van der Waals surface area contributed by atoms with Crippen molar-refractivity contribution in [2.45, 2.75) is 31.1 Å². The molecule has 114 valence electrons. The van der Waals surface area contributed by atoms with Gasteiger partial charge in [-0.15, -0.1) is 0 Å². The van der Waals surface area contributed by atoms with Gasteiger partial charge < -0.3 is 0 Å². The molecule has 1 heteroatoms. The zero-order valence-corrected chi connectivity index (χ0v) is 13.2. The summed E-state index contributed by atoms with van der Waals surface area (Å²) in [6.45, 7) is 0. The van der Waals surface area contributed by atoms with Crippen molar-refractivity contribution in [2.24, 2.45) is 11.8 Å². The smallest absolute Gasteiger partial charge is 0.138 e. The lowest BCUT2D eigenvalue weighted by Gasteiger charge is -2.41. The van der Waals surface area contributed by atoms with Crippen LogP contribution in [0.5, 0.6) is 0 Å². The molecule has 1 fully saturated rings. The maximum atomic E-state index is 12.6. The minimum Gasteiger partial charge on any atom is -0.299 e. The van der Waals surface area contributed by atoms with Gasteiger partial charge in [0.2, 0.25) is 0 Å². The minimum atomic E-state index is 0.0782. The second-order valence-electron chi connectivity index (χ2n) is 7.44. The number of rotatable bonds is 1. The molecule has 0 aliphatic heterocycles. The van der Waals surface area contributed by atoms with Crippen LogP contribution in [0.25, 0.3) is 11.1 Å². The van der Waals surface area contributed by atoms with Crippen molar-refractivity contribution in [3.05, 3.63) is 71.8 Å². The van der Waals surface area contributed by atoms with Gasteiger partial charge in [-0.05, 0) is 46.9 Å². The number of fused-ring (bicyclic) bond motifs is 5. The lowest BCUT2D eigenvalue weighted by Crippen LogP contribution is -2.39. The molecule has 3 aliphatic carbocycles. The SMILES string of the molecule is O=C1Cc2c(-c3ccccc3)cccc2C2(C1)CC1C=CC2C1. The Kier molecular flexibility index (Phi) is 2.70. The van der Waals surface area contributed by atoms with E-state index in [0.717, 1.165) is 12.8 Å². The van der Waals surface area contributed by atoms with Crippen LogP contribution in [0.4, 0.5) is 0 Å². The third kappa shape index (κ3) is 1.83. The Bertz CT molecular complexity index is 817. The van der Waals surface area contributed by atoms with E-state index in [1.54, 1.807) is 0 Å². The van der Waals surface area contributed by atoms with Crippen LogP contribution in [0.1, 0.15) is 30.4 Å². The third-order valence-electron chi connectivity index (χ3n) is 6.19. The summed E-state index contributed by atoms with van der Waals surface area (Å²) in [5.41, 5.74) is 5.30. The third-order valence-corrected chi connectivity index (χ3v) is 6.19. The lowest BCUT2D eigenvalue weighted by molar-refractivity contribution is -0.120. The van der Waals surface area contributed by atoms with Crippen LogP contribution in [0.2, 0.25) is 0 Å². The van der Waals surface area contributed by atoms with E-state index in [4.69, 9.17) is 0 Å². The van der Waals surface area contributed by atoms with Crippen LogP contribution >= 0.6 is 0 Å². The van der Waals surface area contributed by atoms with Crippen LogP contribution in [0.15, 0.2) is 60.7 Å². The number of carbonyl (C=O) groups is 1. The van der Waals surface area contributed by atoms with E-state index < -0.39 is 0 Å². The van der Waals surface area contributed by atoms with Gasteiger partial charge in [0, 0.05) is 18.3 Å². The largest absolute Gasteiger partial charge is 0.299 e. The van der Waals surface area contributed by atoms with Crippen molar-refractivity contribution < 1.29 is 4.79 Å². The zero-order chi connectivity index (χ0) is 15.4. The molecule has 23 heavy (non-hydrogen) atoms. The summed E-state index contributed by atoms with van der Waals surface area (Å²) in [7, 11) is 0. The van der Waals surface area contributed by atoms with Crippen molar-refractivity contribution in [1.29, 1.82) is 0 Å². The summed E-state index contributed by atoms with van der Waals surface area (Å²) in [5, 5.41) is 0. The van der Waals surface area contributed by atoms with Gasteiger partial charge in [-0.1, -0.05) is 60.7 Å². The Morgan fingerprint density at radius 2 is 1.83 bits per heavy atom. The molecule has 0 N–H and O–H groups in total. The minimum absolute atomic E-state index is 0.0782. The molecular weight excluding hydrogens is 280 g/mol. The number of benzene rings is 2. The van der Waals surface area contributed by atoms with Crippen molar-refractivity contribution in [2.75, 3.05) is 0 Å². The van der Waals surface area contributed by atoms with Crippen LogP contribution in [0.3, 0.4) is 0 Å². The molecule has 0 radical (unpaired) electrons. The standard InChI is InChI=1S/C22H20O/c23-18-12-20-19(16-5-2-1-3-6-16)7-4-8-21(20)22(14-18)13-15-9-10-17(22)11-15/h1-10,15,17H,11-14H2. The van der Waals surface area contributed by atoms with Crippen LogP contribution in [0, 0.1) is 11.8 Å². The van der Waals surface area contributed by atoms with E-state index in [1.807, 2.05) is 6.07 Å². The van der Waals surface area contributed by atoms with Crippen molar-refractivity contribution >= 4 is 5.78 Å². The highest BCUT2D eigenvalue weighted by atomic mass is 16.1. The van der Waals surface area contributed by atoms with E-state index in [0.29, 0.717) is 24.0 Å². The van der Waals surface area contributed by atoms with E-state index in [9.17, 15) is 4.79 Å². The molecule has 2 bridgehead atoms. The van der Waals surface area contributed by atoms with Gasteiger partial charge in [0.05, 0.1) is 0 Å². The molecule has 0 heterocycles. The molecule has 0 saturated heterocycles. The molecule has 3 unspecified atom stereocenters. The molecule has 2 aromatic rings. The summed E-state index contributed by atoms with van der Waals surface area (Å²) in [5.74, 6) is 1.66. The summed E-state index contributed by atoms with van der Waals surface area (Å²) in [6.07, 6.45) is 8.49. The molecule has 1 spiro atoms. The molecule has 3 aliphatic rings. The molecule has 0 aromatic heterocycles. The average Bonchev–Trinajstić information content (AvgIpc) is 3.16. The van der Waals surface area contributed by atoms with Crippen molar-refractivity contribution in [3.8, 4) is 11.1 Å². The van der Waals surface area contributed by atoms with Crippen LogP contribution in [-0.2, 0) is 16.6 Å². The predicted octanol–water partition coefficient (Wildman–Crippen LogP) is 4.70. The Morgan fingerprint density at radius 1 is 0.957 bits per heavy atom. The highest BCUT2D eigenvalue weighted by Crippen LogP contribution is 2.58. The van der Waals surface area contributed by atoms with E-state index in [1.165, 1.54) is 28.7 Å². The van der Waals surface area contributed by atoms with Crippen LogP contribution < -0.4 is 0 Å². The van der Waals surface area contributed by atoms with Gasteiger partial charge in [-0.2, -0.15) is 0 Å². The first-order valence-electron chi connectivity index (χ1n) is 8.64. The van der Waals surface area contributed by atoms with Gasteiger partial charge in [-0.25, -0.2) is 0 Å². The van der Waals surface area contributed by atoms with Gasteiger partial charge >= 0.3 is 0 Å². The van der Waals surface area contributed by atoms with Gasteiger partial charge in [0.15, 0.2) is 0 Å². The number of carbonyl (C=O) groups excluding carboxylic acids is 1. The van der Waals surface area contributed by atoms with E-state index in [-0.39, 0.29) is 5.41 Å². The molecule has 1 nitrogen and oxygen atoms in total.